The largest absolute Gasteiger partial charge is 0.368 e. The average Bonchev–Trinajstić information content (AvgIpc) is 2.53. The lowest BCUT2D eigenvalue weighted by Crippen LogP contribution is -2.38. The molecular formula is C15H15ClN4O. The van der Waals surface area contributed by atoms with Gasteiger partial charge in [-0.3, -0.25) is 0 Å². The van der Waals surface area contributed by atoms with Crippen molar-refractivity contribution in [1.82, 2.24) is 4.42 Å². The first-order valence-corrected chi connectivity index (χ1v) is 6.62. The number of nitrogens with two attached hydrogens (primary N) is 2. The zero-order valence-corrected chi connectivity index (χ0v) is 11.9. The van der Waals surface area contributed by atoms with Crippen LogP contribution in [0, 0.1) is 0 Å². The van der Waals surface area contributed by atoms with Gasteiger partial charge in [-0.25, -0.2) is 9.79 Å². The third-order valence-corrected chi connectivity index (χ3v) is 3.23. The molecule has 0 aliphatic carbocycles. The van der Waals surface area contributed by atoms with Gasteiger partial charge in [0.15, 0.2) is 0 Å². The number of amides is 2. The summed E-state index contributed by atoms with van der Waals surface area (Å²) in [5.41, 5.74) is 12.7. The van der Waals surface area contributed by atoms with Crippen LogP contribution in [0.4, 0.5) is 4.79 Å². The van der Waals surface area contributed by atoms with Crippen molar-refractivity contribution in [2.75, 3.05) is 0 Å². The van der Waals surface area contributed by atoms with Crippen molar-refractivity contribution in [3.63, 3.8) is 0 Å². The number of benzene rings is 2. The van der Waals surface area contributed by atoms with Gasteiger partial charge in [0.25, 0.3) is 0 Å². The molecule has 0 bridgehead atoms. The van der Waals surface area contributed by atoms with Crippen molar-refractivity contribution < 1.29 is 4.79 Å². The van der Waals surface area contributed by atoms with E-state index in [0.29, 0.717) is 4.42 Å². The molecule has 21 heavy (non-hydrogen) atoms. The first-order chi connectivity index (χ1) is 10.1. The number of urea groups is 1. The van der Waals surface area contributed by atoms with Crippen LogP contribution in [0.5, 0.6) is 0 Å². The van der Waals surface area contributed by atoms with Crippen LogP contribution >= 0.6 is 11.8 Å². The third kappa shape index (κ3) is 3.73. The van der Waals surface area contributed by atoms with Crippen LogP contribution in [0.1, 0.15) is 17.2 Å². The van der Waals surface area contributed by atoms with Gasteiger partial charge in [0.1, 0.15) is 6.04 Å². The number of guanidine groups is 1. The number of primary amides is 1. The zero-order valence-electron chi connectivity index (χ0n) is 11.2. The number of nitrogens with zero attached hydrogens (tertiary/aromatic N) is 2. The number of halogens is 1. The van der Waals surface area contributed by atoms with Gasteiger partial charge in [-0.15, -0.1) is 0 Å². The van der Waals surface area contributed by atoms with E-state index in [1.54, 1.807) is 0 Å². The van der Waals surface area contributed by atoms with Gasteiger partial charge in [0.2, 0.25) is 5.96 Å². The normalized spacial score (nSPS) is 11.4. The van der Waals surface area contributed by atoms with Crippen LogP contribution in [0.15, 0.2) is 65.7 Å². The van der Waals surface area contributed by atoms with E-state index in [0.717, 1.165) is 11.1 Å². The smallest absolute Gasteiger partial charge is 0.336 e. The number of hydrogen-bond donors (Lipinski definition) is 2. The quantitative estimate of drug-likeness (QED) is 0.519. The standard InChI is InChI=1S/C15H15ClN4O/c16-20(15(18)21)14(17)19-13(11-7-3-1-4-8-11)12-9-5-2-6-10-12/h1-10,13H,(H2,17,19)(H2,18,21). The Morgan fingerprint density at radius 1 is 0.952 bits per heavy atom. The van der Waals surface area contributed by atoms with Crippen molar-refractivity contribution >= 4 is 23.8 Å². The first kappa shape index (κ1) is 14.9. The van der Waals surface area contributed by atoms with Crippen LogP contribution in [-0.4, -0.2) is 16.4 Å². The summed E-state index contributed by atoms with van der Waals surface area (Å²) in [5.74, 6) is -0.151. The summed E-state index contributed by atoms with van der Waals surface area (Å²) >= 11 is 5.69. The molecule has 2 amide bonds. The molecule has 2 aromatic carbocycles. The van der Waals surface area contributed by atoms with Crippen molar-refractivity contribution in [3.8, 4) is 0 Å². The molecule has 0 spiro atoms. The molecule has 0 saturated carbocycles. The van der Waals surface area contributed by atoms with E-state index in [1.807, 2.05) is 60.7 Å². The average molecular weight is 303 g/mol. The predicted molar refractivity (Wildman–Crippen MR) is 83.6 cm³/mol. The Morgan fingerprint density at radius 3 is 1.76 bits per heavy atom. The molecule has 0 radical (unpaired) electrons. The minimum atomic E-state index is -0.877. The van der Waals surface area contributed by atoms with Gasteiger partial charge in [0, 0.05) is 11.8 Å². The van der Waals surface area contributed by atoms with Gasteiger partial charge in [-0.1, -0.05) is 60.7 Å². The van der Waals surface area contributed by atoms with Crippen LogP contribution < -0.4 is 11.5 Å². The molecule has 0 aliphatic rings. The monoisotopic (exact) mass is 302 g/mol. The molecular weight excluding hydrogens is 288 g/mol. The molecule has 0 unspecified atom stereocenters. The highest BCUT2D eigenvalue weighted by atomic mass is 35.5. The molecule has 0 saturated heterocycles. The van der Waals surface area contributed by atoms with Crippen LogP contribution in [0.3, 0.4) is 0 Å². The minimum absolute atomic E-state index is 0.151. The van der Waals surface area contributed by atoms with Crippen LogP contribution in [-0.2, 0) is 0 Å². The summed E-state index contributed by atoms with van der Waals surface area (Å²) in [6.45, 7) is 0. The van der Waals surface area contributed by atoms with Gasteiger partial charge in [0.05, 0.1) is 0 Å². The lowest BCUT2D eigenvalue weighted by molar-refractivity contribution is 0.243. The Hall–Kier alpha value is -2.53. The molecule has 2 aromatic rings. The van der Waals surface area contributed by atoms with E-state index in [-0.39, 0.29) is 12.0 Å². The highest BCUT2D eigenvalue weighted by Crippen LogP contribution is 2.26. The van der Waals surface area contributed by atoms with Crippen molar-refractivity contribution in [1.29, 1.82) is 0 Å². The summed E-state index contributed by atoms with van der Waals surface area (Å²) in [5, 5.41) is 0. The maximum absolute atomic E-state index is 11.1. The second kappa shape index (κ2) is 6.76. The van der Waals surface area contributed by atoms with Crippen molar-refractivity contribution in [2.24, 2.45) is 16.5 Å². The van der Waals surface area contributed by atoms with E-state index in [2.05, 4.69) is 4.99 Å². The third-order valence-electron chi connectivity index (χ3n) is 2.89. The number of hydrogen-bond acceptors (Lipinski definition) is 2. The lowest BCUT2D eigenvalue weighted by Gasteiger charge is -2.17. The van der Waals surface area contributed by atoms with Gasteiger partial charge >= 0.3 is 6.03 Å². The minimum Gasteiger partial charge on any atom is -0.368 e. The number of rotatable bonds is 3. The number of carbonyl (C=O) groups is 1. The van der Waals surface area contributed by atoms with Gasteiger partial charge < -0.3 is 11.5 Å². The molecule has 6 heteroatoms. The molecule has 4 N–H and O–H groups in total. The van der Waals surface area contributed by atoms with Crippen molar-refractivity contribution in [2.45, 2.75) is 6.04 Å². The van der Waals surface area contributed by atoms with Gasteiger partial charge in [-0.2, -0.15) is 4.42 Å². The molecule has 0 heterocycles. The predicted octanol–water partition coefficient (Wildman–Crippen LogP) is 2.63. The molecule has 0 aliphatic heterocycles. The van der Waals surface area contributed by atoms with E-state index in [4.69, 9.17) is 23.2 Å². The van der Waals surface area contributed by atoms with Crippen molar-refractivity contribution in [3.05, 3.63) is 71.8 Å². The highest BCUT2D eigenvalue weighted by Gasteiger charge is 2.17. The summed E-state index contributed by atoms with van der Waals surface area (Å²) in [6.07, 6.45) is 0. The zero-order chi connectivity index (χ0) is 15.2. The maximum atomic E-state index is 11.1. The summed E-state index contributed by atoms with van der Waals surface area (Å²) in [7, 11) is 0. The van der Waals surface area contributed by atoms with E-state index in [9.17, 15) is 4.79 Å². The second-order valence-corrected chi connectivity index (χ2v) is 4.67. The van der Waals surface area contributed by atoms with Crippen LogP contribution in [0.25, 0.3) is 0 Å². The summed E-state index contributed by atoms with van der Waals surface area (Å²) < 4.78 is 0.596. The van der Waals surface area contributed by atoms with E-state index in [1.165, 1.54) is 0 Å². The number of aliphatic imine (C=N–C) groups is 1. The molecule has 5 nitrogen and oxygen atoms in total. The second-order valence-electron chi connectivity index (χ2n) is 4.33. The molecule has 0 fully saturated rings. The summed E-state index contributed by atoms with van der Waals surface area (Å²) in [6, 6.07) is 17.9. The van der Waals surface area contributed by atoms with E-state index >= 15 is 0 Å². The molecule has 2 rings (SSSR count). The first-order valence-electron chi connectivity index (χ1n) is 6.28. The SMILES string of the molecule is NC(=O)N(Cl)C(N)=NC(c1ccccc1)c1ccccc1. The van der Waals surface area contributed by atoms with Crippen LogP contribution in [0.2, 0.25) is 0 Å². The molecule has 0 aromatic heterocycles. The maximum Gasteiger partial charge on any atom is 0.336 e. The fraction of sp³-hybridized carbons (Fsp3) is 0.0667. The fourth-order valence-corrected chi connectivity index (χ4v) is 1.95. The Balaban J connectivity index is 2.43. The highest BCUT2D eigenvalue weighted by molar-refractivity contribution is 6.29. The Morgan fingerprint density at radius 2 is 1.38 bits per heavy atom. The molecule has 108 valence electrons. The van der Waals surface area contributed by atoms with E-state index < -0.39 is 6.03 Å². The Kier molecular flexibility index (Phi) is 4.79. The number of carbonyl (C=O) groups excluding carboxylic acids is 1. The van der Waals surface area contributed by atoms with Gasteiger partial charge in [-0.05, 0) is 11.1 Å². The topological polar surface area (TPSA) is 84.7 Å². The molecule has 0 atom stereocenters. The Bertz CT molecular complexity index is 591. The lowest BCUT2D eigenvalue weighted by atomic mass is 9.99. The Labute approximate surface area is 127 Å². The summed E-state index contributed by atoms with van der Waals surface area (Å²) in [4.78, 5) is 15.4. The fourth-order valence-electron chi connectivity index (χ4n) is 1.91.